The molecule has 0 saturated carbocycles. The first-order valence-corrected chi connectivity index (χ1v) is 14.7. The van der Waals surface area contributed by atoms with Crippen LogP contribution in [0.1, 0.15) is 36.6 Å². The molecule has 0 bridgehead atoms. The van der Waals surface area contributed by atoms with Crippen molar-refractivity contribution in [1.82, 2.24) is 4.57 Å². The lowest BCUT2D eigenvalue weighted by molar-refractivity contribution is -0.139. The molecule has 220 valence electrons. The zero-order chi connectivity index (χ0) is 30.1. The zero-order valence-corrected chi connectivity index (χ0v) is 25.2. The van der Waals surface area contributed by atoms with Crippen molar-refractivity contribution in [3.05, 3.63) is 113 Å². The number of hydrogen-bond donors (Lipinski definition) is 0. The fourth-order valence-electron chi connectivity index (χ4n) is 5.03. The molecule has 0 fully saturated rings. The Kier molecular flexibility index (Phi) is 7.96. The van der Waals surface area contributed by atoms with Gasteiger partial charge in [-0.2, -0.15) is 0 Å². The second kappa shape index (κ2) is 12.0. The van der Waals surface area contributed by atoms with Crippen molar-refractivity contribution in [2.24, 2.45) is 4.99 Å². The van der Waals surface area contributed by atoms with Gasteiger partial charge in [-0.3, -0.25) is 9.36 Å². The molecule has 9 nitrogen and oxygen atoms in total. The molecule has 0 N–H and O–H groups in total. The number of thiazole rings is 1. The van der Waals surface area contributed by atoms with Gasteiger partial charge in [0.2, 0.25) is 6.79 Å². The van der Waals surface area contributed by atoms with E-state index in [1.54, 1.807) is 44.2 Å². The molecule has 0 aliphatic carbocycles. The molecule has 0 spiro atoms. The highest BCUT2D eigenvalue weighted by molar-refractivity contribution is 7.07. The van der Waals surface area contributed by atoms with Crippen molar-refractivity contribution in [3.63, 3.8) is 0 Å². The number of hydrogen-bond acceptors (Lipinski definition) is 9. The Morgan fingerprint density at radius 1 is 1.14 bits per heavy atom. The van der Waals surface area contributed by atoms with E-state index >= 15 is 0 Å². The molecule has 3 aromatic carbocycles. The lowest BCUT2D eigenvalue weighted by atomic mass is 9.95. The van der Waals surface area contributed by atoms with Crippen LogP contribution in [-0.4, -0.2) is 31.0 Å². The number of methoxy groups -OCH3 is 1. The number of carbonyl (C=O) groups is 1. The Morgan fingerprint density at radius 2 is 1.93 bits per heavy atom. The highest BCUT2D eigenvalue weighted by Crippen LogP contribution is 2.39. The molecule has 2 aliphatic rings. The first kappa shape index (κ1) is 28.6. The summed E-state index contributed by atoms with van der Waals surface area (Å²) in [5.41, 5.74) is 2.72. The first-order chi connectivity index (χ1) is 20.9. The molecule has 0 unspecified atom stereocenters. The minimum absolute atomic E-state index is 0.100. The van der Waals surface area contributed by atoms with Crippen LogP contribution in [-0.2, 0) is 16.1 Å². The van der Waals surface area contributed by atoms with E-state index in [1.807, 2.05) is 36.4 Å². The minimum atomic E-state index is -0.779. The molecule has 1 atom stereocenters. The second-order valence-electron chi connectivity index (χ2n) is 9.72. The van der Waals surface area contributed by atoms with Gasteiger partial charge < -0.3 is 23.7 Å². The zero-order valence-electron chi connectivity index (χ0n) is 23.6. The lowest BCUT2D eigenvalue weighted by Crippen LogP contribution is -2.39. The summed E-state index contributed by atoms with van der Waals surface area (Å²) in [5.74, 6) is 1.43. The molecule has 43 heavy (non-hydrogen) atoms. The summed E-state index contributed by atoms with van der Waals surface area (Å²) < 4.78 is 29.9. The Bertz CT molecular complexity index is 1930. The molecule has 1 aromatic heterocycles. The van der Waals surface area contributed by atoms with Crippen LogP contribution in [0.3, 0.4) is 0 Å². The van der Waals surface area contributed by atoms with Crippen LogP contribution in [0.5, 0.6) is 23.0 Å². The maximum absolute atomic E-state index is 14.0. The monoisotopic (exact) mass is 618 g/mol. The smallest absolute Gasteiger partial charge is 0.338 e. The molecule has 11 heteroatoms. The summed E-state index contributed by atoms with van der Waals surface area (Å²) in [6.07, 6.45) is 1.72. The number of benzene rings is 3. The van der Waals surface area contributed by atoms with Crippen molar-refractivity contribution in [2.75, 3.05) is 20.5 Å². The van der Waals surface area contributed by atoms with Gasteiger partial charge in [-0.15, -0.1) is 0 Å². The van der Waals surface area contributed by atoms with Crippen LogP contribution in [0.15, 0.2) is 81.7 Å². The van der Waals surface area contributed by atoms with Crippen molar-refractivity contribution < 1.29 is 28.5 Å². The number of fused-ring (bicyclic) bond motifs is 2. The number of halogens is 1. The van der Waals surface area contributed by atoms with Gasteiger partial charge in [-0.05, 0) is 60.9 Å². The maximum Gasteiger partial charge on any atom is 0.338 e. The molecule has 3 heterocycles. The first-order valence-electron chi connectivity index (χ1n) is 13.5. The predicted octanol–water partition coefficient (Wildman–Crippen LogP) is 4.77. The normalized spacial score (nSPS) is 15.6. The number of carbonyl (C=O) groups excluding carboxylic acids is 1. The highest BCUT2D eigenvalue weighted by atomic mass is 35.5. The summed E-state index contributed by atoms with van der Waals surface area (Å²) in [5, 5.41) is 0.341. The number of esters is 1. The van der Waals surface area contributed by atoms with Crippen molar-refractivity contribution in [1.29, 1.82) is 0 Å². The molecule has 4 aromatic rings. The van der Waals surface area contributed by atoms with E-state index in [0.29, 0.717) is 60.8 Å². The number of aromatic nitrogens is 1. The predicted molar refractivity (Wildman–Crippen MR) is 162 cm³/mol. The summed E-state index contributed by atoms with van der Waals surface area (Å²) in [4.78, 5) is 32.3. The van der Waals surface area contributed by atoms with Gasteiger partial charge in [-0.25, -0.2) is 9.79 Å². The van der Waals surface area contributed by atoms with Gasteiger partial charge in [0.1, 0.15) is 6.61 Å². The standard InChI is InChI=1S/C32H27ClN2O7S/c1-4-39-31(37)27-18(2)34-32-35(28(27)21-10-11-23-24(15-21)42-17-41-23)30(36)26(43-32)14-20-12-22(33)29(25(13-20)38-3)40-16-19-8-6-5-7-9-19/h5-15,28H,4,16-17H2,1-3H3/b26-14-/t28-/m0/s1. The van der Waals surface area contributed by atoms with Gasteiger partial charge >= 0.3 is 5.97 Å². The van der Waals surface area contributed by atoms with Crippen LogP contribution in [0.4, 0.5) is 0 Å². The molecule has 0 amide bonds. The van der Waals surface area contributed by atoms with E-state index in [1.165, 1.54) is 23.0 Å². The van der Waals surface area contributed by atoms with E-state index < -0.39 is 12.0 Å². The van der Waals surface area contributed by atoms with Gasteiger partial charge in [0, 0.05) is 0 Å². The number of ether oxygens (including phenoxy) is 5. The van der Waals surface area contributed by atoms with Crippen LogP contribution in [0, 0.1) is 0 Å². The molecular weight excluding hydrogens is 592 g/mol. The van der Waals surface area contributed by atoms with Crippen LogP contribution in [0.25, 0.3) is 6.08 Å². The van der Waals surface area contributed by atoms with Crippen LogP contribution >= 0.6 is 22.9 Å². The number of allylic oxidation sites excluding steroid dienone is 1. The highest BCUT2D eigenvalue weighted by Gasteiger charge is 2.34. The van der Waals surface area contributed by atoms with E-state index in [9.17, 15) is 9.59 Å². The lowest BCUT2D eigenvalue weighted by Gasteiger charge is -2.24. The largest absolute Gasteiger partial charge is 0.493 e. The summed E-state index contributed by atoms with van der Waals surface area (Å²) in [6, 6.07) is 17.8. The second-order valence-corrected chi connectivity index (χ2v) is 11.1. The van der Waals surface area contributed by atoms with Gasteiger partial charge in [0.05, 0.1) is 40.6 Å². The van der Waals surface area contributed by atoms with Crippen LogP contribution in [0.2, 0.25) is 5.02 Å². The van der Waals surface area contributed by atoms with E-state index in [4.69, 9.17) is 35.3 Å². The molecular formula is C32H27ClN2O7S. The molecule has 0 radical (unpaired) electrons. The van der Waals surface area contributed by atoms with E-state index in [2.05, 4.69) is 4.99 Å². The third-order valence-corrected chi connectivity index (χ3v) is 8.27. The number of rotatable bonds is 8. The Balaban J connectivity index is 1.43. The van der Waals surface area contributed by atoms with Crippen molar-refractivity contribution in [2.45, 2.75) is 26.5 Å². The topological polar surface area (TPSA) is 97.6 Å². The van der Waals surface area contributed by atoms with Gasteiger partial charge in [-0.1, -0.05) is 59.3 Å². The fourth-order valence-corrected chi connectivity index (χ4v) is 6.35. The molecule has 0 saturated heterocycles. The summed E-state index contributed by atoms with van der Waals surface area (Å²) in [6.45, 7) is 4.07. The molecule has 6 rings (SSSR count). The van der Waals surface area contributed by atoms with E-state index in [-0.39, 0.29) is 24.5 Å². The third-order valence-electron chi connectivity index (χ3n) is 7.00. The third kappa shape index (κ3) is 5.51. The Hall–Kier alpha value is -4.54. The average molecular weight is 619 g/mol. The fraction of sp³-hybridized carbons (Fsp3) is 0.219. The SMILES string of the molecule is CCOC(=O)C1=C(C)N=c2s/c(=C\c3cc(Cl)c(OCc4ccccc4)c(OC)c3)c(=O)n2[C@H]1c1ccc2c(c1)OCO2. The maximum atomic E-state index is 14.0. The summed E-state index contributed by atoms with van der Waals surface area (Å²) >= 11 is 7.85. The quantitative estimate of drug-likeness (QED) is 0.263. The van der Waals surface area contributed by atoms with Crippen molar-refractivity contribution >= 4 is 35.0 Å². The average Bonchev–Trinajstić information content (AvgIpc) is 3.59. The Labute approximate surface area is 255 Å². The molecule has 2 aliphatic heterocycles. The van der Waals surface area contributed by atoms with Crippen LogP contribution < -0.4 is 33.8 Å². The Morgan fingerprint density at radius 3 is 2.70 bits per heavy atom. The minimum Gasteiger partial charge on any atom is -0.493 e. The van der Waals surface area contributed by atoms with E-state index in [0.717, 1.165) is 5.56 Å². The van der Waals surface area contributed by atoms with Crippen molar-refractivity contribution in [3.8, 4) is 23.0 Å². The number of nitrogens with zero attached hydrogens (tertiary/aromatic N) is 2. The summed E-state index contributed by atoms with van der Waals surface area (Å²) in [7, 11) is 1.53. The van der Waals surface area contributed by atoms with Gasteiger partial charge in [0.25, 0.3) is 5.56 Å². The van der Waals surface area contributed by atoms with Gasteiger partial charge in [0.15, 0.2) is 27.8 Å².